The molecule has 2 saturated heterocycles. The second-order valence-electron chi connectivity index (χ2n) is 14.9. The minimum atomic E-state index is -4.85. The largest absolute Gasteiger partial charge is 0.427 e. The summed E-state index contributed by atoms with van der Waals surface area (Å²) in [5, 5.41) is 10.5. The fourth-order valence-corrected chi connectivity index (χ4v) is 7.80. The molecule has 1 aliphatic carbocycles. The maximum atomic E-state index is 13.8. The van der Waals surface area contributed by atoms with E-state index in [-0.39, 0.29) is 68.7 Å². The van der Waals surface area contributed by atoms with Gasteiger partial charge in [-0.15, -0.1) is 0 Å². The lowest BCUT2D eigenvalue weighted by molar-refractivity contribution is -0.187. The molecular formula is C41H39F4N7O10. The molecule has 62 heavy (non-hydrogen) atoms. The number of nitrogens with one attached hydrogen (secondary N) is 4. The molecule has 0 bridgehead atoms. The number of carbonyl (C=O) groups is 8. The summed E-state index contributed by atoms with van der Waals surface area (Å²) in [6, 6.07) is 9.74. The number of hydrogen-bond donors (Lipinski definition) is 4. The first kappa shape index (κ1) is 43.2. The summed E-state index contributed by atoms with van der Waals surface area (Å²) in [4.78, 5) is 105. The lowest BCUT2D eigenvalue weighted by Crippen LogP contribution is -2.54. The molecule has 1 spiro atoms. The minimum absolute atomic E-state index is 0.000298. The zero-order valence-electron chi connectivity index (χ0n) is 32.9. The van der Waals surface area contributed by atoms with Crippen LogP contribution in [0.3, 0.4) is 0 Å². The fourth-order valence-electron chi connectivity index (χ4n) is 7.80. The number of imide groups is 3. The highest BCUT2D eigenvalue weighted by molar-refractivity contribution is 6.25. The average Bonchev–Trinajstić information content (AvgIpc) is 3.80. The predicted octanol–water partition coefficient (Wildman–Crippen LogP) is 3.58. The van der Waals surface area contributed by atoms with Crippen molar-refractivity contribution in [3.63, 3.8) is 0 Å². The molecule has 3 aromatic rings. The summed E-state index contributed by atoms with van der Waals surface area (Å²) in [6.45, 7) is -0.274. The number of amides is 9. The number of piperidine rings is 1. The van der Waals surface area contributed by atoms with Crippen molar-refractivity contribution in [2.75, 3.05) is 43.5 Å². The Labute approximate surface area is 350 Å². The predicted molar refractivity (Wildman–Crippen MR) is 207 cm³/mol. The van der Waals surface area contributed by atoms with E-state index in [9.17, 15) is 55.9 Å². The molecule has 0 radical (unpaired) electrons. The second-order valence-corrected chi connectivity index (χ2v) is 14.9. The lowest BCUT2D eigenvalue weighted by Gasteiger charge is -2.31. The summed E-state index contributed by atoms with van der Waals surface area (Å²) >= 11 is 0. The molecular weight excluding hydrogens is 826 g/mol. The smallest absolute Gasteiger partial charge is 0.418 e. The number of anilines is 2. The molecule has 0 saturated carbocycles. The van der Waals surface area contributed by atoms with Crippen LogP contribution in [0.5, 0.6) is 0 Å². The third-order valence-corrected chi connectivity index (χ3v) is 11.0. The van der Waals surface area contributed by atoms with Crippen molar-refractivity contribution in [1.82, 2.24) is 25.3 Å². The summed E-state index contributed by atoms with van der Waals surface area (Å²) < 4.78 is 65.9. The number of benzene rings is 3. The summed E-state index contributed by atoms with van der Waals surface area (Å²) in [7, 11) is 0. The highest BCUT2D eigenvalue weighted by atomic mass is 19.4. The highest BCUT2D eigenvalue weighted by Crippen LogP contribution is 2.46. The van der Waals surface area contributed by atoms with Gasteiger partial charge in [-0.3, -0.25) is 39.0 Å². The summed E-state index contributed by atoms with van der Waals surface area (Å²) in [5.74, 6) is -5.19. The lowest BCUT2D eigenvalue weighted by atomic mass is 9.94. The molecule has 7 rings (SSSR count). The second kappa shape index (κ2) is 17.2. The number of nitrogens with zero attached hydrogens (tertiary/aromatic N) is 3. The molecule has 0 aromatic heterocycles. The van der Waals surface area contributed by atoms with Gasteiger partial charge in [-0.05, 0) is 67.3 Å². The molecule has 2 fully saturated rings. The monoisotopic (exact) mass is 865 g/mol. The van der Waals surface area contributed by atoms with Gasteiger partial charge in [0.2, 0.25) is 23.3 Å². The Hall–Kier alpha value is -6.90. The number of halogens is 4. The van der Waals surface area contributed by atoms with Crippen molar-refractivity contribution in [1.29, 1.82) is 0 Å². The molecule has 3 heterocycles. The van der Waals surface area contributed by atoms with Gasteiger partial charge in [0.1, 0.15) is 24.4 Å². The Morgan fingerprint density at radius 3 is 2.45 bits per heavy atom. The molecule has 1 unspecified atom stereocenters. The van der Waals surface area contributed by atoms with Gasteiger partial charge in [-0.2, -0.15) is 13.2 Å². The van der Waals surface area contributed by atoms with Gasteiger partial charge in [-0.25, -0.2) is 18.9 Å². The number of urea groups is 1. The molecule has 326 valence electrons. The van der Waals surface area contributed by atoms with Crippen molar-refractivity contribution >= 4 is 58.9 Å². The van der Waals surface area contributed by atoms with Gasteiger partial charge in [-0.1, -0.05) is 24.3 Å². The van der Waals surface area contributed by atoms with E-state index in [1.165, 1.54) is 30.3 Å². The van der Waals surface area contributed by atoms with Gasteiger partial charge in [0.05, 0.1) is 24.3 Å². The zero-order chi connectivity index (χ0) is 44.5. The normalized spacial score (nSPS) is 19.9. The maximum Gasteiger partial charge on any atom is 0.418 e. The first-order valence-corrected chi connectivity index (χ1v) is 19.5. The van der Waals surface area contributed by atoms with Crippen LogP contribution in [0.2, 0.25) is 0 Å². The highest BCUT2D eigenvalue weighted by Gasteiger charge is 2.59. The van der Waals surface area contributed by atoms with Gasteiger partial charge in [0.25, 0.3) is 17.7 Å². The number of rotatable bonds is 14. The van der Waals surface area contributed by atoms with Crippen LogP contribution < -0.4 is 21.3 Å². The molecule has 4 aliphatic rings. The molecule has 21 heteroatoms. The topological polar surface area (TPSA) is 213 Å². The number of ether oxygens (including phenoxy) is 2. The van der Waals surface area contributed by atoms with Crippen molar-refractivity contribution in [2.45, 2.75) is 63.0 Å². The van der Waals surface area contributed by atoms with Crippen LogP contribution in [0.1, 0.15) is 63.6 Å². The van der Waals surface area contributed by atoms with Gasteiger partial charge in [0, 0.05) is 49.4 Å². The Morgan fingerprint density at radius 1 is 0.984 bits per heavy atom. The Bertz CT molecular complexity index is 2360. The first-order valence-electron chi connectivity index (χ1n) is 19.5. The van der Waals surface area contributed by atoms with E-state index in [1.54, 1.807) is 18.2 Å². The van der Waals surface area contributed by atoms with E-state index in [4.69, 9.17) is 9.47 Å². The summed E-state index contributed by atoms with van der Waals surface area (Å²) in [6.07, 6.45) is -5.81. The number of fused-ring (bicyclic) bond motifs is 3. The van der Waals surface area contributed by atoms with Crippen molar-refractivity contribution < 1.29 is 65.4 Å². The Morgan fingerprint density at radius 2 is 1.73 bits per heavy atom. The molecule has 17 nitrogen and oxygen atoms in total. The third kappa shape index (κ3) is 8.52. The molecule has 3 aliphatic heterocycles. The van der Waals surface area contributed by atoms with Crippen molar-refractivity contribution in [2.24, 2.45) is 0 Å². The Kier molecular flexibility index (Phi) is 12.0. The Balaban J connectivity index is 0.876. The molecule has 3 atom stereocenters. The summed E-state index contributed by atoms with van der Waals surface area (Å²) in [5.41, 5.74) is 0.162. The standard InChI is InChI=1S/C41H39F4N7O10/c1-22(41(43,44)45)50(20-23-5-7-25(42)8-6-23)32(54)21-51-37(58)40(62-39(51)60)14-13-24-19-26(9-10-28(24)40)48-38(59)47-16-18-61-17-15-46-29-4-2-3-27-33(29)36(57)52(35(27)56)30-11-12-31(53)49-34(30)55/h2-10,19,22,30,46H,11-18,20-21H2,1H3,(H2,47,48,59)(H,49,53,55)/t22-,30?,40+/m0/s1. The van der Waals surface area contributed by atoms with E-state index < -0.39 is 90.3 Å². The number of aryl methyl sites for hydroxylation is 1. The van der Waals surface area contributed by atoms with Crippen LogP contribution >= 0.6 is 0 Å². The number of alkyl halides is 3. The van der Waals surface area contributed by atoms with Gasteiger partial charge < -0.3 is 30.3 Å². The fraction of sp³-hybridized carbons (Fsp3) is 0.366. The first-order chi connectivity index (χ1) is 29.5. The van der Waals surface area contributed by atoms with Crippen LogP contribution in [0.25, 0.3) is 0 Å². The minimum Gasteiger partial charge on any atom is -0.427 e. The molecule has 4 N–H and O–H groups in total. The van der Waals surface area contributed by atoms with Crippen LogP contribution in [0, 0.1) is 5.82 Å². The average molecular weight is 866 g/mol. The van der Waals surface area contributed by atoms with Gasteiger partial charge >= 0.3 is 18.3 Å². The van der Waals surface area contributed by atoms with Crippen molar-refractivity contribution in [3.8, 4) is 0 Å². The van der Waals surface area contributed by atoms with E-state index in [0.29, 0.717) is 32.3 Å². The van der Waals surface area contributed by atoms with E-state index in [2.05, 4.69) is 21.3 Å². The van der Waals surface area contributed by atoms with Crippen molar-refractivity contribution in [3.05, 3.63) is 94.3 Å². The molecule has 9 amide bonds. The van der Waals surface area contributed by atoms with Gasteiger partial charge in [0.15, 0.2) is 0 Å². The number of hydrogen-bond acceptors (Lipinski definition) is 11. The van der Waals surface area contributed by atoms with E-state index in [0.717, 1.165) is 24.0 Å². The van der Waals surface area contributed by atoms with E-state index in [1.807, 2.05) is 0 Å². The third-order valence-electron chi connectivity index (χ3n) is 11.0. The zero-order valence-corrected chi connectivity index (χ0v) is 32.9. The van der Waals surface area contributed by atoms with Crippen LogP contribution in [-0.4, -0.2) is 113 Å². The van der Waals surface area contributed by atoms with Crippen LogP contribution in [0.4, 0.5) is 38.5 Å². The maximum absolute atomic E-state index is 13.8. The number of carbonyl (C=O) groups excluding carboxylic acids is 8. The van der Waals surface area contributed by atoms with E-state index >= 15 is 0 Å². The van der Waals surface area contributed by atoms with Crippen LogP contribution in [-0.2, 0) is 47.2 Å². The van der Waals surface area contributed by atoms with Crippen LogP contribution in [0.15, 0.2) is 60.7 Å². The SMILES string of the molecule is C[C@H](N(Cc1ccc(F)cc1)C(=O)CN1C(=O)O[C@@]2(CCc3cc(NC(=O)NCCOCCNc4cccc5c4C(=O)N(C4CCC(=O)NC4=O)C5=O)ccc32)C1=O)C(F)(F)F. The quantitative estimate of drug-likeness (QED) is 0.105. The molecule has 3 aromatic carbocycles.